The van der Waals surface area contributed by atoms with Crippen LogP contribution in [0.25, 0.3) is 0 Å². The minimum absolute atomic E-state index is 0.139. The van der Waals surface area contributed by atoms with Crippen molar-refractivity contribution < 1.29 is 9.53 Å². The molecule has 0 radical (unpaired) electrons. The zero-order valence-electron chi connectivity index (χ0n) is 13.1. The summed E-state index contributed by atoms with van der Waals surface area (Å²) in [4.78, 5) is 16.5. The molecule has 0 unspecified atom stereocenters. The molecule has 0 fully saturated rings. The van der Waals surface area contributed by atoms with Gasteiger partial charge in [0.1, 0.15) is 16.8 Å². The Bertz CT molecular complexity index is 816. The van der Waals surface area contributed by atoms with E-state index in [9.17, 15) is 10.1 Å². The number of nitriles is 1. The number of hydrogen-bond donors (Lipinski definition) is 1. The number of nitrogens with two attached hydrogens (primary N) is 1. The number of fused-ring (bicyclic) bond motifs is 1. The first kappa shape index (κ1) is 16.2. The third-order valence-electron chi connectivity index (χ3n) is 3.86. The first-order valence-electron chi connectivity index (χ1n) is 7.77. The lowest BCUT2D eigenvalue weighted by Crippen LogP contribution is -2.19. The number of nitrogens with zero attached hydrogens (tertiary/aromatic N) is 2. The molecule has 0 bridgehead atoms. The van der Waals surface area contributed by atoms with Crippen LogP contribution in [0.15, 0.2) is 29.3 Å². The second-order valence-corrected chi connectivity index (χ2v) is 6.67. The van der Waals surface area contributed by atoms with Gasteiger partial charge in [-0.1, -0.05) is 0 Å². The van der Waals surface area contributed by atoms with Crippen molar-refractivity contribution in [3.05, 3.63) is 45.8 Å². The highest BCUT2D eigenvalue weighted by Crippen LogP contribution is 2.39. The van der Waals surface area contributed by atoms with E-state index in [-0.39, 0.29) is 6.61 Å². The first-order valence-corrected chi connectivity index (χ1v) is 8.59. The van der Waals surface area contributed by atoms with Crippen LogP contribution in [0.5, 0.6) is 5.75 Å². The fourth-order valence-electron chi connectivity index (χ4n) is 2.70. The third-order valence-corrected chi connectivity index (χ3v) is 5.06. The van der Waals surface area contributed by atoms with Crippen LogP contribution in [-0.4, -0.2) is 18.7 Å². The molecule has 1 aromatic carbocycles. The molecule has 6 heteroatoms. The number of amides is 1. The van der Waals surface area contributed by atoms with Crippen LogP contribution in [0, 0.1) is 11.3 Å². The minimum atomic E-state index is -0.508. The maximum atomic E-state index is 10.7. The van der Waals surface area contributed by atoms with Crippen LogP contribution in [0.3, 0.4) is 0 Å². The number of rotatable bonds is 5. The SMILES string of the molecule is N#Cc1c(N=Cc2ccc(OCC(N)=O)cc2)sc2c1CCCC2. The van der Waals surface area contributed by atoms with Gasteiger partial charge in [0.25, 0.3) is 5.91 Å². The summed E-state index contributed by atoms with van der Waals surface area (Å²) >= 11 is 1.62. The van der Waals surface area contributed by atoms with E-state index in [1.54, 1.807) is 29.7 Å². The quantitative estimate of drug-likeness (QED) is 0.849. The van der Waals surface area contributed by atoms with Crippen LogP contribution < -0.4 is 10.5 Å². The average molecular weight is 339 g/mol. The number of aliphatic imine (C=N–C) groups is 1. The molecule has 0 aliphatic heterocycles. The van der Waals surface area contributed by atoms with E-state index in [1.165, 1.54) is 16.9 Å². The Morgan fingerprint density at radius 2 is 2.08 bits per heavy atom. The standard InChI is InChI=1S/C18H17N3O2S/c19-9-15-14-3-1-2-4-16(14)24-18(15)21-10-12-5-7-13(8-6-12)23-11-17(20)22/h5-8,10H,1-4,11H2,(H2,20,22). The maximum absolute atomic E-state index is 10.7. The molecule has 1 aromatic heterocycles. The van der Waals surface area contributed by atoms with Gasteiger partial charge in [0.15, 0.2) is 6.61 Å². The molecule has 2 N–H and O–H groups in total. The number of primary amides is 1. The lowest BCUT2D eigenvalue weighted by Gasteiger charge is -2.09. The van der Waals surface area contributed by atoms with Gasteiger partial charge in [-0.3, -0.25) is 4.79 Å². The molecule has 3 rings (SSSR count). The first-order chi connectivity index (χ1) is 11.7. The molecule has 0 atom stereocenters. The van der Waals surface area contributed by atoms with Gasteiger partial charge >= 0.3 is 0 Å². The molecule has 1 aliphatic carbocycles. The number of carbonyl (C=O) groups excluding carboxylic acids is 1. The van der Waals surface area contributed by atoms with Crippen molar-refractivity contribution in [1.82, 2.24) is 0 Å². The zero-order chi connectivity index (χ0) is 16.9. The summed E-state index contributed by atoms with van der Waals surface area (Å²) in [6.07, 6.45) is 6.12. The molecule has 0 spiro atoms. The van der Waals surface area contributed by atoms with Gasteiger partial charge in [-0.25, -0.2) is 4.99 Å². The summed E-state index contributed by atoms with van der Waals surface area (Å²) in [5, 5.41) is 10.2. The van der Waals surface area contributed by atoms with Gasteiger partial charge in [0, 0.05) is 11.1 Å². The predicted octanol–water partition coefficient (Wildman–Crippen LogP) is 3.11. The van der Waals surface area contributed by atoms with E-state index in [4.69, 9.17) is 10.5 Å². The molecule has 122 valence electrons. The Morgan fingerprint density at radius 3 is 2.79 bits per heavy atom. The molecule has 5 nitrogen and oxygen atoms in total. The van der Waals surface area contributed by atoms with Crippen molar-refractivity contribution in [1.29, 1.82) is 5.26 Å². The summed E-state index contributed by atoms with van der Waals surface area (Å²) in [6.45, 7) is -0.139. The average Bonchev–Trinajstić information content (AvgIpc) is 2.96. The molecular weight excluding hydrogens is 322 g/mol. The number of hydrogen-bond acceptors (Lipinski definition) is 5. The van der Waals surface area contributed by atoms with E-state index >= 15 is 0 Å². The smallest absolute Gasteiger partial charge is 0.255 e. The summed E-state index contributed by atoms with van der Waals surface area (Å²) < 4.78 is 5.22. The largest absolute Gasteiger partial charge is 0.484 e. The van der Waals surface area contributed by atoms with Crippen molar-refractivity contribution in [3.63, 3.8) is 0 Å². The van der Waals surface area contributed by atoms with Crippen molar-refractivity contribution in [2.24, 2.45) is 10.7 Å². The Labute approximate surface area is 144 Å². The Balaban J connectivity index is 1.75. The summed E-state index contributed by atoms with van der Waals surface area (Å²) in [5.74, 6) is 0.0709. The molecule has 1 heterocycles. The lowest BCUT2D eigenvalue weighted by molar-refractivity contribution is -0.119. The number of ether oxygens (including phenoxy) is 1. The van der Waals surface area contributed by atoms with Gasteiger partial charge < -0.3 is 10.5 Å². The third kappa shape index (κ3) is 3.63. The minimum Gasteiger partial charge on any atom is -0.484 e. The Kier molecular flexibility index (Phi) is 4.92. The topological polar surface area (TPSA) is 88.5 Å². The Hall–Kier alpha value is -2.65. The van der Waals surface area contributed by atoms with Crippen LogP contribution in [-0.2, 0) is 17.6 Å². The van der Waals surface area contributed by atoms with Crippen molar-refractivity contribution in [2.75, 3.05) is 6.61 Å². The van der Waals surface area contributed by atoms with Crippen LogP contribution in [0.2, 0.25) is 0 Å². The van der Waals surface area contributed by atoms with Crippen molar-refractivity contribution in [3.8, 4) is 11.8 Å². The molecule has 1 amide bonds. The van der Waals surface area contributed by atoms with Crippen LogP contribution in [0.1, 0.15) is 34.4 Å². The molecule has 0 saturated heterocycles. The molecule has 24 heavy (non-hydrogen) atoms. The van der Waals surface area contributed by atoms with E-state index in [2.05, 4.69) is 11.1 Å². The fourth-order valence-corrected chi connectivity index (χ4v) is 3.88. The van der Waals surface area contributed by atoms with Crippen LogP contribution in [0.4, 0.5) is 5.00 Å². The number of thiophene rings is 1. The highest BCUT2D eigenvalue weighted by molar-refractivity contribution is 7.16. The number of carbonyl (C=O) groups is 1. The van der Waals surface area contributed by atoms with E-state index < -0.39 is 5.91 Å². The van der Waals surface area contributed by atoms with Crippen LogP contribution >= 0.6 is 11.3 Å². The molecule has 1 aliphatic rings. The lowest BCUT2D eigenvalue weighted by atomic mass is 9.96. The van der Waals surface area contributed by atoms with Gasteiger partial charge in [0.05, 0.1) is 5.56 Å². The van der Waals surface area contributed by atoms with E-state index in [1.807, 2.05) is 12.1 Å². The van der Waals surface area contributed by atoms with Gasteiger partial charge in [0.2, 0.25) is 0 Å². The summed E-state index contributed by atoms with van der Waals surface area (Å²) in [5.41, 5.74) is 7.86. The molecule has 2 aromatic rings. The molecule has 0 saturated carbocycles. The van der Waals surface area contributed by atoms with E-state index in [0.717, 1.165) is 35.4 Å². The second kappa shape index (κ2) is 7.28. The normalized spacial score (nSPS) is 13.5. The van der Waals surface area contributed by atoms with Gasteiger partial charge in [-0.05, 0) is 61.1 Å². The predicted molar refractivity (Wildman–Crippen MR) is 94.1 cm³/mol. The summed E-state index contributed by atoms with van der Waals surface area (Å²) in [7, 11) is 0. The Morgan fingerprint density at radius 1 is 1.33 bits per heavy atom. The monoisotopic (exact) mass is 339 g/mol. The number of aryl methyl sites for hydroxylation is 1. The fraction of sp³-hybridized carbons (Fsp3) is 0.278. The second-order valence-electron chi connectivity index (χ2n) is 5.59. The van der Waals surface area contributed by atoms with Crippen molar-refractivity contribution in [2.45, 2.75) is 25.7 Å². The van der Waals surface area contributed by atoms with E-state index in [0.29, 0.717) is 5.75 Å². The van der Waals surface area contributed by atoms with Gasteiger partial charge in [-0.15, -0.1) is 11.3 Å². The summed E-state index contributed by atoms with van der Waals surface area (Å²) in [6, 6.07) is 9.52. The zero-order valence-corrected chi connectivity index (χ0v) is 13.9. The molecular formula is C18H17N3O2S. The highest BCUT2D eigenvalue weighted by Gasteiger charge is 2.20. The van der Waals surface area contributed by atoms with Gasteiger partial charge in [-0.2, -0.15) is 5.26 Å². The van der Waals surface area contributed by atoms with Crippen molar-refractivity contribution >= 4 is 28.5 Å². The number of benzene rings is 1. The highest BCUT2D eigenvalue weighted by atomic mass is 32.1. The maximum Gasteiger partial charge on any atom is 0.255 e.